The van der Waals surface area contributed by atoms with Crippen molar-refractivity contribution in [2.24, 2.45) is 0 Å². The van der Waals surface area contributed by atoms with Crippen LogP contribution in [0.4, 0.5) is 11.4 Å². The van der Waals surface area contributed by atoms with Crippen LogP contribution in [0.5, 0.6) is 0 Å². The zero-order chi connectivity index (χ0) is 14.5. The number of carbonyl (C=O) groups excluding carboxylic acids is 3. The lowest BCUT2D eigenvalue weighted by Crippen LogP contribution is -2.12. The molecule has 0 aliphatic carbocycles. The molecule has 0 aliphatic heterocycles. The first-order valence-corrected chi connectivity index (χ1v) is 5.91. The summed E-state index contributed by atoms with van der Waals surface area (Å²) in [5, 5.41) is 5.31. The smallest absolute Gasteiger partial charge is 0.272 e. The monoisotopic (exact) mass is 271 g/mol. The Morgan fingerprint density at radius 3 is 2.10 bits per heavy atom. The molecular formula is C14H13N3O3. The Bertz CT molecular complexity index is 644. The van der Waals surface area contributed by atoms with Gasteiger partial charge in [0.1, 0.15) is 5.69 Å². The standard InChI is InChI=1S/C14H13N3O3/c1-9(19)15-10-2-4-11(5-3-10)17-14(20)13-7-6-12(8-18)16-13/h2-8,16H,1H3,(H,15,19)(H,17,20). The number of hydrogen-bond donors (Lipinski definition) is 3. The number of benzene rings is 1. The zero-order valence-electron chi connectivity index (χ0n) is 10.8. The molecule has 20 heavy (non-hydrogen) atoms. The quantitative estimate of drug-likeness (QED) is 0.743. The van der Waals surface area contributed by atoms with Gasteiger partial charge in [-0.1, -0.05) is 0 Å². The molecule has 0 unspecified atom stereocenters. The highest BCUT2D eigenvalue weighted by Gasteiger charge is 2.08. The number of aromatic nitrogens is 1. The second-order valence-electron chi connectivity index (χ2n) is 4.16. The van der Waals surface area contributed by atoms with Crippen molar-refractivity contribution in [1.29, 1.82) is 0 Å². The topological polar surface area (TPSA) is 91.1 Å². The second kappa shape index (κ2) is 5.83. The number of carbonyl (C=O) groups is 3. The molecule has 0 saturated carbocycles. The first-order chi connectivity index (χ1) is 9.58. The summed E-state index contributed by atoms with van der Waals surface area (Å²) in [6.45, 7) is 1.42. The zero-order valence-corrected chi connectivity index (χ0v) is 10.8. The molecule has 0 bridgehead atoms. The highest BCUT2D eigenvalue weighted by Crippen LogP contribution is 2.14. The van der Waals surface area contributed by atoms with Crippen LogP contribution in [0.25, 0.3) is 0 Å². The van der Waals surface area contributed by atoms with Gasteiger partial charge in [-0.15, -0.1) is 0 Å². The van der Waals surface area contributed by atoms with E-state index in [0.29, 0.717) is 29.0 Å². The maximum absolute atomic E-state index is 11.9. The van der Waals surface area contributed by atoms with Crippen LogP contribution in [0, 0.1) is 0 Å². The molecule has 0 saturated heterocycles. The summed E-state index contributed by atoms with van der Waals surface area (Å²) in [5.74, 6) is -0.500. The molecule has 6 heteroatoms. The van der Waals surface area contributed by atoms with E-state index >= 15 is 0 Å². The number of rotatable bonds is 4. The predicted molar refractivity (Wildman–Crippen MR) is 74.9 cm³/mol. The molecule has 0 fully saturated rings. The van der Waals surface area contributed by atoms with Crippen molar-refractivity contribution in [2.75, 3.05) is 10.6 Å². The summed E-state index contributed by atoms with van der Waals surface area (Å²) in [7, 11) is 0. The Hall–Kier alpha value is -2.89. The summed E-state index contributed by atoms with van der Waals surface area (Å²) in [4.78, 5) is 36.0. The van der Waals surface area contributed by atoms with Gasteiger partial charge in [-0.3, -0.25) is 14.4 Å². The van der Waals surface area contributed by atoms with Crippen molar-refractivity contribution in [1.82, 2.24) is 4.98 Å². The third kappa shape index (κ3) is 3.32. The van der Waals surface area contributed by atoms with E-state index < -0.39 is 0 Å². The Morgan fingerprint density at radius 2 is 1.60 bits per heavy atom. The number of amides is 2. The average Bonchev–Trinajstić information content (AvgIpc) is 2.89. The highest BCUT2D eigenvalue weighted by molar-refractivity contribution is 6.03. The average molecular weight is 271 g/mol. The third-order valence-electron chi connectivity index (χ3n) is 2.54. The van der Waals surface area contributed by atoms with Gasteiger partial charge >= 0.3 is 0 Å². The predicted octanol–water partition coefficient (Wildman–Crippen LogP) is 2.04. The van der Waals surface area contributed by atoms with E-state index in [1.165, 1.54) is 19.1 Å². The molecule has 1 aromatic carbocycles. The minimum atomic E-state index is -0.342. The molecule has 0 atom stereocenters. The number of anilines is 2. The maximum Gasteiger partial charge on any atom is 0.272 e. The largest absolute Gasteiger partial charge is 0.348 e. The molecule has 1 heterocycles. The summed E-state index contributed by atoms with van der Waals surface area (Å²) < 4.78 is 0. The Morgan fingerprint density at radius 1 is 1.00 bits per heavy atom. The van der Waals surface area contributed by atoms with Crippen molar-refractivity contribution >= 4 is 29.5 Å². The second-order valence-corrected chi connectivity index (χ2v) is 4.16. The van der Waals surface area contributed by atoms with Crippen LogP contribution >= 0.6 is 0 Å². The molecule has 0 radical (unpaired) electrons. The van der Waals surface area contributed by atoms with E-state index in [0.717, 1.165) is 0 Å². The Labute approximate surface area is 115 Å². The van der Waals surface area contributed by atoms with Gasteiger partial charge in [0.05, 0.1) is 5.69 Å². The lowest BCUT2D eigenvalue weighted by molar-refractivity contribution is -0.114. The minimum absolute atomic E-state index is 0.158. The first-order valence-electron chi connectivity index (χ1n) is 5.91. The fourth-order valence-electron chi connectivity index (χ4n) is 1.65. The Balaban J connectivity index is 2.04. The fraction of sp³-hybridized carbons (Fsp3) is 0.0714. The van der Waals surface area contributed by atoms with Crippen LogP contribution in [0.1, 0.15) is 27.9 Å². The van der Waals surface area contributed by atoms with Crippen LogP contribution in [0.15, 0.2) is 36.4 Å². The Kier molecular flexibility index (Phi) is 3.95. The number of aldehydes is 1. The summed E-state index contributed by atoms with van der Waals surface area (Å²) >= 11 is 0. The number of H-pyrrole nitrogens is 1. The SMILES string of the molecule is CC(=O)Nc1ccc(NC(=O)c2ccc(C=O)[nH]2)cc1. The van der Waals surface area contributed by atoms with Crippen molar-refractivity contribution < 1.29 is 14.4 Å². The van der Waals surface area contributed by atoms with Crippen LogP contribution in [0.2, 0.25) is 0 Å². The lowest BCUT2D eigenvalue weighted by Gasteiger charge is -2.06. The molecule has 2 amide bonds. The van der Waals surface area contributed by atoms with Gasteiger partial charge in [-0.25, -0.2) is 0 Å². The van der Waals surface area contributed by atoms with Crippen LogP contribution in [-0.4, -0.2) is 23.1 Å². The molecule has 6 nitrogen and oxygen atoms in total. The molecule has 0 spiro atoms. The maximum atomic E-state index is 11.9. The molecule has 1 aromatic heterocycles. The molecular weight excluding hydrogens is 258 g/mol. The van der Waals surface area contributed by atoms with Gasteiger partial charge in [0.25, 0.3) is 5.91 Å². The molecule has 102 valence electrons. The van der Waals surface area contributed by atoms with Gasteiger partial charge in [0, 0.05) is 18.3 Å². The van der Waals surface area contributed by atoms with E-state index in [1.807, 2.05) is 0 Å². The summed E-state index contributed by atoms with van der Waals surface area (Å²) in [5.41, 5.74) is 1.89. The van der Waals surface area contributed by atoms with Crippen molar-refractivity contribution in [2.45, 2.75) is 6.92 Å². The van der Waals surface area contributed by atoms with Gasteiger partial charge in [-0.2, -0.15) is 0 Å². The molecule has 2 rings (SSSR count). The summed E-state index contributed by atoms with van der Waals surface area (Å²) in [6.07, 6.45) is 0.638. The fourth-order valence-corrected chi connectivity index (χ4v) is 1.65. The third-order valence-corrected chi connectivity index (χ3v) is 2.54. The molecule has 2 aromatic rings. The van der Waals surface area contributed by atoms with Crippen LogP contribution in [0.3, 0.4) is 0 Å². The highest BCUT2D eigenvalue weighted by atomic mass is 16.2. The first kappa shape index (κ1) is 13.5. The summed E-state index contributed by atoms with van der Waals surface area (Å²) in [6, 6.07) is 9.77. The van der Waals surface area contributed by atoms with Crippen molar-refractivity contribution in [3.8, 4) is 0 Å². The van der Waals surface area contributed by atoms with E-state index in [9.17, 15) is 14.4 Å². The number of nitrogens with one attached hydrogen (secondary N) is 3. The van der Waals surface area contributed by atoms with Crippen LogP contribution < -0.4 is 10.6 Å². The van der Waals surface area contributed by atoms with Gasteiger partial charge in [0.15, 0.2) is 6.29 Å². The molecule has 3 N–H and O–H groups in total. The van der Waals surface area contributed by atoms with Gasteiger partial charge in [-0.05, 0) is 36.4 Å². The van der Waals surface area contributed by atoms with Crippen molar-refractivity contribution in [3.05, 3.63) is 47.8 Å². The van der Waals surface area contributed by atoms with Gasteiger partial charge < -0.3 is 15.6 Å². The lowest BCUT2D eigenvalue weighted by atomic mass is 10.2. The van der Waals surface area contributed by atoms with E-state index in [1.54, 1.807) is 24.3 Å². The minimum Gasteiger partial charge on any atom is -0.348 e. The number of hydrogen-bond acceptors (Lipinski definition) is 3. The number of aromatic amines is 1. The molecule has 0 aliphatic rings. The van der Waals surface area contributed by atoms with E-state index in [2.05, 4.69) is 15.6 Å². The van der Waals surface area contributed by atoms with Crippen LogP contribution in [-0.2, 0) is 4.79 Å². The van der Waals surface area contributed by atoms with E-state index in [4.69, 9.17) is 0 Å². The normalized spacial score (nSPS) is 9.85. The van der Waals surface area contributed by atoms with E-state index in [-0.39, 0.29) is 11.8 Å². The van der Waals surface area contributed by atoms with Crippen molar-refractivity contribution in [3.63, 3.8) is 0 Å². The van der Waals surface area contributed by atoms with Gasteiger partial charge in [0.2, 0.25) is 5.91 Å².